The molecule has 27 heavy (non-hydrogen) atoms. The van der Waals surface area contributed by atoms with Crippen LogP contribution in [0.15, 0.2) is 58.3 Å². The molecule has 0 aliphatic carbocycles. The van der Waals surface area contributed by atoms with E-state index < -0.39 is 0 Å². The average Bonchev–Trinajstić information content (AvgIpc) is 2.73. The summed E-state index contributed by atoms with van der Waals surface area (Å²) >= 11 is 1.88. The number of hydrogen-bond donors (Lipinski definition) is 1. The Kier molecular flexibility index (Phi) is 6.69. The number of morpholine rings is 1. The van der Waals surface area contributed by atoms with Crippen LogP contribution in [0.25, 0.3) is 0 Å². The summed E-state index contributed by atoms with van der Waals surface area (Å²) in [6.07, 6.45) is 2.36. The van der Waals surface area contributed by atoms with E-state index in [2.05, 4.69) is 63.6 Å². The highest BCUT2D eigenvalue weighted by molar-refractivity contribution is 7.99. The average molecular weight is 384 g/mol. The number of para-hydroxylation sites is 2. The van der Waals surface area contributed by atoms with Crippen LogP contribution in [0, 0.1) is 0 Å². The lowest BCUT2D eigenvalue weighted by Gasteiger charge is -2.32. The van der Waals surface area contributed by atoms with Gasteiger partial charge in [-0.05, 0) is 56.7 Å². The van der Waals surface area contributed by atoms with Gasteiger partial charge in [-0.2, -0.15) is 0 Å². The fourth-order valence-corrected chi connectivity index (χ4v) is 4.86. The van der Waals surface area contributed by atoms with Gasteiger partial charge in [0, 0.05) is 29.4 Å². The zero-order valence-corrected chi connectivity index (χ0v) is 16.7. The Bertz CT molecular complexity index is 688. The predicted octanol–water partition coefficient (Wildman–Crippen LogP) is 3.99. The van der Waals surface area contributed by atoms with Gasteiger partial charge >= 0.3 is 0 Å². The van der Waals surface area contributed by atoms with E-state index in [-0.39, 0.29) is 0 Å². The first kappa shape index (κ1) is 18.8. The molecule has 1 saturated heterocycles. The van der Waals surface area contributed by atoms with Crippen molar-refractivity contribution in [3.8, 4) is 0 Å². The predicted molar refractivity (Wildman–Crippen MR) is 113 cm³/mol. The van der Waals surface area contributed by atoms with Gasteiger partial charge in [0.05, 0.1) is 24.6 Å². The van der Waals surface area contributed by atoms with Crippen LogP contribution in [0.3, 0.4) is 0 Å². The molecule has 0 unspecified atom stereocenters. The Morgan fingerprint density at radius 1 is 0.815 bits per heavy atom. The minimum absolute atomic E-state index is 0.893. The Morgan fingerprint density at radius 2 is 1.41 bits per heavy atom. The number of benzene rings is 2. The summed E-state index contributed by atoms with van der Waals surface area (Å²) in [4.78, 5) is 7.70. The third-order valence-corrected chi connectivity index (χ3v) is 6.33. The number of rotatable bonds is 8. The highest BCUT2D eigenvalue weighted by atomic mass is 32.2. The van der Waals surface area contributed by atoms with Gasteiger partial charge in [-0.15, -0.1) is 0 Å². The fraction of sp³-hybridized carbons (Fsp3) is 0.455. The molecular weight excluding hydrogens is 354 g/mol. The second kappa shape index (κ2) is 9.60. The summed E-state index contributed by atoms with van der Waals surface area (Å²) < 4.78 is 5.40. The van der Waals surface area contributed by atoms with Gasteiger partial charge in [-0.25, -0.2) is 0 Å². The lowest BCUT2D eigenvalue weighted by molar-refractivity contribution is 0.0374. The number of hydrogen-bond acceptors (Lipinski definition) is 5. The molecule has 0 atom stereocenters. The monoisotopic (exact) mass is 383 g/mol. The molecular formula is C22H29N3OS. The number of anilines is 2. The Labute approximate surface area is 166 Å². The molecule has 4 rings (SSSR count). The molecule has 2 aromatic carbocycles. The number of fused-ring (bicyclic) bond motifs is 2. The first-order valence-electron chi connectivity index (χ1n) is 10.1. The molecule has 1 fully saturated rings. The standard InChI is InChI=1S/C22H29N3OS/c1-3-9-21-19(7-1)25(20-8-2-4-10-22(20)27-21)14-6-12-23-11-5-13-24-15-17-26-18-16-24/h1-4,7-10,23H,5-6,11-18H2. The van der Waals surface area contributed by atoms with Gasteiger partial charge in [0.2, 0.25) is 0 Å². The molecule has 2 heterocycles. The normalized spacial score (nSPS) is 16.8. The van der Waals surface area contributed by atoms with Crippen molar-refractivity contribution in [2.75, 3.05) is 57.4 Å². The van der Waals surface area contributed by atoms with Gasteiger partial charge < -0.3 is 15.0 Å². The van der Waals surface area contributed by atoms with E-state index >= 15 is 0 Å². The highest BCUT2D eigenvalue weighted by Gasteiger charge is 2.22. The van der Waals surface area contributed by atoms with Crippen molar-refractivity contribution >= 4 is 23.1 Å². The fourth-order valence-electron chi connectivity index (χ4n) is 3.76. The van der Waals surface area contributed by atoms with Crippen molar-refractivity contribution < 1.29 is 4.74 Å². The van der Waals surface area contributed by atoms with E-state index in [9.17, 15) is 0 Å². The lowest BCUT2D eigenvalue weighted by Crippen LogP contribution is -2.37. The summed E-state index contributed by atoms with van der Waals surface area (Å²) in [6.45, 7) is 8.36. The van der Waals surface area contributed by atoms with Crippen molar-refractivity contribution in [3.05, 3.63) is 48.5 Å². The van der Waals surface area contributed by atoms with E-state index in [0.29, 0.717) is 0 Å². The summed E-state index contributed by atoms with van der Waals surface area (Å²) in [5.41, 5.74) is 2.68. The maximum absolute atomic E-state index is 5.40. The van der Waals surface area contributed by atoms with Crippen LogP contribution < -0.4 is 10.2 Å². The number of nitrogens with one attached hydrogen (secondary N) is 1. The third-order valence-electron chi connectivity index (χ3n) is 5.20. The molecule has 0 bridgehead atoms. The SMILES string of the molecule is c1ccc2c(c1)Sc1ccccc1N2CCCNCCCN1CCOCC1. The van der Waals surface area contributed by atoms with Crippen LogP contribution in [-0.2, 0) is 4.74 Å². The molecule has 1 N–H and O–H groups in total. The van der Waals surface area contributed by atoms with Gasteiger partial charge in [0.1, 0.15) is 0 Å². The van der Waals surface area contributed by atoms with Crippen LogP contribution in [0.2, 0.25) is 0 Å². The van der Waals surface area contributed by atoms with Gasteiger partial charge in [0.25, 0.3) is 0 Å². The maximum atomic E-state index is 5.40. The van der Waals surface area contributed by atoms with Crippen LogP contribution in [0.4, 0.5) is 11.4 Å². The van der Waals surface area contributed by atoms with Crippen LogP contribution >= 0.6 is 11.8 Å². The van der Waals surface area contributed by atoms with Gasteiger partial charge in [0.15, 0.2) is 0 Å². The molecule has 5 heteroatoms. The van der Waals surface area contributed by atoms with Crippen LogP contribution in [0.5, 0.6) is 0 Å². The second-order valence-corrected chi connectivity index (χ2v) is 8.18. The van der Waals surface area contributed by atoms with Crippen LogP contribution in [0.1, 0.15) is 12.8 Å². The largest absolute Gasteiger partial charge is 0.379 e. The summed E-state index contributed by atoms with van der Waals surface area (Å²) in [6, 6.07) is 17.5. The minimum Gasteiger partial charge on any atom is -0.379 e. The lowest BCUT2D eigenvalue weighted by atomic mass is 10.2. The van der Waals surface area contributed by atoms with Crippen LogP contribution in [-0.4, -0.2) is 57.4 Å². The highest BCUT2D eigenvalue weighted by Crippen LogP contribution is 2.47. The maximum Gasteiger partial charge on any atom is 0.0594 e. The minimum atomic E-state index is 0.893. The molecule has 0 radical (unpaired) electrons. The van der Waals surface area contributed by atoms with E-state index in [1.165, 1.54) is 34.1 Å². The quantitative estimate of drug-likeness (QED) is 0.696. The van der Waals surface area contributed by atoms with E-state index in [1.54, 1.807) is 0 Å². The zero-order chi connectivity index (χ0) is 18.3. The first-order chi connectivity index (χ1) is 13.4. The first-order valence-corrected chi connectivity index (χ1v) is 10.9. The number of ether oxygens (including phenoxy) is 1. The molecule has 0 saturated carbocycles. The molecule has 2 aromatic rings. The van der Waals surface area contributed by atoms with E-state index in [0.717, 1.165) is 52.4 Å². The molecule has 0 spiro atoms. The molecule has 4 nitrogen and oxygen atoms in total. The Hall–Kier alpha value is -1.53. The smallest absolute Gasteiger partial charge is 0.0594 e. The van der Waals surface area contributed by atoms with Gasteiger partial charge in [-0.3, -0.25) is 4.90 Å². The van der Waals surface area contributed by atoms with Crippen molar-refractivity contribution in [1.29, 1.82) is 0 Å². The zero-order valence-electron chi connectivity index (χ0n) is 15.9. The van der Waals surface area contributed by atoms with Gasteiger partial charge in [-0.1, -0.05) is 36.0 Å². The molecule has 144 valence electrons. The molecule has 2 aliphatic rings. The Morgan fingerprint density at radius 3 is 2.07 bits per heavy atom. The summed E-state index contributed by atoms with van der Waals surface area (Å²) in [5.74, 6) is 0. The van der Waals surface area contributed by atoms with Crippen molar-refractivity contribution in [3.63, 3.8) is 0 Å². The Balaban J connectivity index is 1.24. The van der Waals surface area contributed by atoms with Crippen molar-refractivity contribution in [2.24, 2.45) is 0 Å². The van der Waals surface area contributed by atoms with E-state index in [4.69, 9.17) is 4.74 Å². The molecule has 0 aromatic heterocycles. The molecule has 2 aliphatic heterocycles. The number of nitrogens with zero attached hydrogens (tertiary/aromatic N) is 2. The van der Waals surface area contributed by atoms with Crippen molar-refractivity contribution in [2.45, 2.75) is 22.6 Å². The summed E-state index contributed by atoms with van der Waals surface area (Å²) in [5, 5.41) is 3.62. The second-order valence-electron chi connectivity index (χ2n) is 7.10. The summed E-state index contributed by atoms with van der Waals surface area (Å²) in [7, 11) is 0. The topological polar surface area (TPSA) is 27.7 Å². The van der Waals surface area contributed by atoms with Crippen molar-refractivity contribution in [1.82, 2.24) is 10.2 Å². The van der Waals surface area contributed by atoms with E-state index in [1.807, 2.05) is 11.8 Å². The molecule has 0 amide bonds. The third kappa shape index (κ3) is 4.85.